The summed E-state index contributed by atoms with van der Waals surface area (Å²) in [6.45, 7) is 5.20. The summed E-state index contributed by atoms with van der Waals surface area (Å²) >= 11 is 0. The number of amides is 1. The van der Waals surface area contributed by atoms with Crippen LogP contribution in [0.2, 0.25) is 0 Å². The molecule has 0 aromatic rings. The highest BCUT2D eigenvalue weighted by Crippen LogP contribution is 2.22. The first-order valence-electron chi connectivity index (χ1n) is 4.04. The molecule has 0 radical (unpaired) electrons. The van der Waals surface area contributed by atoms with Crippen molar-refractivity contribution < 1.29 is 9.59 Å². The van der Waals surface area contributed by atoms with Gasteiger partial charge in [-0.15, -0.1) is 0 Å². The summed E-state index contributed by atoms with van der Waals surface area (Å²) < 4.78 is 0. The van der Waals surface area contributed by atoms with E-state index in [9.17, 15) is 9.59 Å². The Balaban J connectivity index is 3.01. The molecule has 1 heterocycles. The van der Waals surface area contributed by atoms with E-state index in [0.29, 0.717) is 12.1 Å². The molecule has 0 bridgehead atoms. The lowest BCUT2D eigenvalue weighted by Crippen LogP contribution is -2.32. The van der Waals surface area contributed by atoms with Gasteiger partial charge in [0.25, 0.3) is 0 Å². The van der Waals surface area contributed by atoms with Crippen molar-refractivity contribution in [3.8, 4) is 0 Å². The molecule has 0 aromatic heterocycles. The van der Waals surface area contributed by atoms with E-state index in [4.69, 9.17) is 0 Å². The first-order chi connectivity index (χ1) is 5.52. The Morgan fingerprint density at radius 2 is 2.17 bits per heavy atom. The van der Waals surface area contributed by atoms with E-state index in [1.807, 2.05) is 6.92 Å². The van der Waals surface area contributed by atoms with Crippen molar-refractivity contribution in [3.05, 3.63) is 11.3 Å². The van der Waals surface area contributed by atoms with Gasteiger partial charge in [-0.25, -0.2) is 0 Å². The zero-order valence-corrected chi connectivity index (χ0v) is 7.60. The van der Waals surface area contributed by atoms with Crippen molar-refractivity contribution in [3.63, 3.8) is 0 Å². The van der Waals surface area contributed by atoms with Gasteiger partial charge in [0.05, 0.1) is 0 Å². The lowest BCUT2D eigenvalue weighted by Gasteiger charge is -2.22. The standard InChI is InChI=1S/C9H13NO2/c1-5-4-8(12)10-6(2)9(5)7(3)11/h5H,4H2,1-3H3,(H,10,12)/t5-/m0/s1. The zero-order chi connectivity index (χ0) is 9.30. The molecular weight excluding hydrogens is 154 g/mol. The second-order valence-electron chi connectivity index (χ2n) is 3.25. The van der Waals surface area contributed by atoms with Crippen molar-refractivity contribution in [2.24, 2.45) is 5.92 Å². The number of hydrogen-bond acceptors (Lipinski definition) is 2. The topological polar surface area (TPSA) is 46.2 Å². The van der Waals surface area contributed by atoms with Gasteiger partial charge in [-0.1, -0.05) is 6.92 Å². The van der Waals surface area contributed by atoms with Crippen molar-refractivity contribution in [2.45, 2.75) is 27.2 Å². The molecule has 12 heavy (non-hydrogen) atoms. The third-order valence-electron chi connectivity index (χ3n) is 2.09. The molecule has 0 saturated carbocycles. The SMILES string of the molecule is CC(=O)C1=C(C)NC(=O)C[C@@H]1C. The van der Waals surface area contributed by atoms with Gasteiger partial charge in [0.15, 0.2) is 5.78 Å². The number of ketones is 1. The van der Waals surface area contributed by atoms with E-state index < -0.39 is 0 Å². The molecule has 1 atom stereocenters. The predicted octanol–water partition coefficient (Wildman–Crippen LogP) is 1.01. The highest BCUT2D eigenvalue weighted by molar-refractivity contribution is 5.97. The van der Waals surface area contributed by atoms with E-state index in [-0.39, 0.29) is 17.6 Å². The molecule has 0 unspecified atom stereocenters. The van der Waals surface area contributed by atoms with E-state index in [1.54, 1.807) is 6.92 Å². The Labute approximate surface area is 71.8 Å². The van der Waals surface area contributed by atoms with Crippen LogP contribution >= 0.6 is 0 Å². The number of allylic oxidation sites excluding steroid dienone is 2. The lowest BCUT2D eigenvalue weighted by atomic mass is 9.90. The van der Waals surface area contributed by atoms with Crippen LogP contribution in [0.5, 0.6) is 0 Å². The fourth-order valence-corrected chi connectivity index (χ4v) is 1.69. The highest BCUT2D eigenvalue weighted by Gasteiger charge is 2.24. The number of rotatable bonds is 1. The largest absolute Gasteiger partial charge is 0.330 e. The maximum absolute atomic E-state index is 11.1. The minimum Gasteiger partial charge on any atom is -0.330 e. The molecule has 1 aliphatic heterocycles. The molecule has 0 spiro atoms. The van der Waals surface area contributed by atoms with Gasteiger partial charge < -0.3 is 5.32 Å². The first kappa shape index (κ1) is 8.97. The van der Waals surface area contributed by atoms with Crippen LogP contribution in [-0.2, 0) is 9.59 Å². The second kappa shape index (κ2) is 3.09. The molecule has 0 aromatic carbocycles. The predicted molar refractivity (Wildman–Crippen MR) is 45.3 cm³/mol. The molecule has 66 valence electrons. The number of carbonyl (C=O) groups is 2. The average Bonchev–Trinajstić information content (AvgIpc) is 1.82. The number of hydrogen-bond donors (Lipinski definition) is 1. The Bertz CT molecular complexity index is 266. The van der Waals surface area contributed by atoms with Crippen LogP contribution in [0, 0.1) is 5.92 Å². The maximum Gasteiger partial charge on any atom is 0.224 e. The molecule has 1 N–H and O–H groups in total. The molecule has 1 amide bonds. The molecule has 1 aliphatic rings. The van der Waals surface area contributed by atoms with Gasteiger partial charge in [0.1, 0.15) is 0 Å². The number of carbonyl (C=O) groups excluding carboxylic acids is 2. The summed E-state index contributed by atoms with van der Waals surface area (Å²) in [4.78, 5) is 22.1. The summed E-state index contributed by atoms with van der Waals surface area (Å²) in [5.41, 5.74) is 1.47. The van der Waals surface area contributed by atoms with Crippen LogP contribution in [0.4, 0.5) is 0 Å². The van der Waals surface area contributed by atoms with Gasteiger partial charge in [0.2, 0.25) is 5.91 Å². The monoisotopic (exact) mass is 167 g/mol. The molecule has 0 fully saturated rings. The van der Waals surface area contributed by atoms with E-state index in [1.165, 1.54) is 6.92 Å². The summed E-state index contributed by atoms with van der Waals surface area (Å²) in [6.07, 6.45) is 0.423. The average molecular weight is 167 g/mol. The van der Waals surface area contributed by atoms with Crippen LogP contribution in [0.25, 0.3) is 0 Å². The minimum absolute atomic E-state index is 0.00463. The van der Waals surface area contributed by atoms with Gasteiger partial charge in [-0.3, -0.25) is 9.59 Å². The Kier molecular flexibility index (Phi) is 2.31. The quantitative estimate of drug-likeness (QED) is 0.633. The smallest absolute Gasteiger partial charge is 0.224 e. The fourth-order valence-electron chi connectivity index (χ4n) is 1.69. The molecular formula is C9H13NO2. The van der Waals surface area contributed by atoms with Crippen LogP contribution < -0.4 is 5.32 Å². The van der Waals surface area contributed by atoms with Gasteiger partial charge in [-0.05, 0) is 19.8 Å². The van der Waals surface area contributed by atoms with Crippen LogP contribution in [0.3, 0.4) is 0 Å². The summed E-state index contributed by atoms with van der Waals surface area (Å²) in [7, 11) is 0. The fraction of sp³-hybridized carbons (Fsp3) is 0.556. The number of nitrogens with one attached hydrogen (secondary N) is 1. The number of Topliss-reactive ketones (excluding diaryl/α,β-unsaturated/α-hetero) is 1. The van der Waals surface area contributed by atoms with E-state index in [2.05, 4.69) is 5.32 Å². The van der Waals surface area contributed by atoms with Crippen molar-refractivity contribution in [1.82, 2.24) is 5.32 Å². The van der Waals surface area contributed by atoms with Gasteiger partial charge in [-0.2, -0.15) is 0 Å². The molecule has 3 heteroatoms. The normalized spacial score (nSPS) is 23.9. The zero-order valence-electron chi connectivity index (χ0n) is 7.60. The summed E-state index contributed by atoms with van der Waals surface area (Å²) in [5, 5.41) is 2.66. The van der Waals surface area contributed by atoms with Crippen molar-refractivity contribution in [1.29, 1.82) is 0 Å². The first-order valence-corrected chi connectivity index (χ1v) is 4.04. The third kappa shape index (κ3) is 1.55. The summed E-state index contributed by atoms with van der Waals surface area (Å²) in [6, 6.07) is 0. The Morgan fingerprint density at radius 1 is 1.58 bits per heavy atom. The molecule has 3 nitrogen and oxygen atoms in total. The third-order valence-corrected chi connectivity index (χ3v) is 2.09. The second-order valence-corrected chi connectivity index (χ2v) is 3.25. The van der Waals surface area contributed by atoms with Crippen LogP contribution in [0.1, 0.15) is 27.2 Å². The highest BCUT2D eigenvalue weighted by atomic mass is 16.2. The van der Waals surface area contributed by atoms with E-state index in [0.717, 1.165) is 5.57 Å². The van der Waals surface area contributed by atoms with Gasteiger partial charge in [0, 0.05) is 17.7 Å². The van der Waals surface area contributed by atoms with Crippen molar-refractivity contribution in [2.75, 3.05) is 0 Å². The van der Waals surface area contributed by atoms with Gasteiger partial charge >= 0.3 is 0 Å². The summed E-state index contributed by atoms with van der Waals surface area (Å²) in [5.74, 6) is 0.126. The van der Waals surface area contributed by atoms with Crippen LogP contribution in [-0.4, -0.2) is 11.7 Å². The van der Waals surface area contributed by atoms with Crippen molar-refractivity contribution >= 4 is 11.7 Å². The van der Waals surface area contributed by atoms with Crippen LogP contribution in [0.15, 0.2) is 11.3 Å². The maximum atomic E-state index is 11.1. The Morgan fingerprint density at radius 3 is 2.58 bits per heavy atom. The molecule has 0 saturated heterocycles. The van der Waals surface area contributed by atoms with E-state index >= 15 is 0 Å². The Hall–Kier alpha value is -1.12. The minimum atomic E-state index is 0.00463. The lowest BCUT2D eigenvalue weighted by molar-refractivity contribution is -0.121. The molecule has 0 aliphatic carbocycles. The molecule has 1 rings (SSSR count).